The molecule has 1 amide bonds. The molecule has 0 fully saturated rings. The maximum atomic E-state index is 10.5. The summed E-state index contributed by atoms with van der Waals surface area (Å²) in [5.41, 5.74) is 5.16. The molecule has 0 saturated carbocycles. The molecule has 0 aliphatic rings. The quantitative estimate of drug-likeness (QED) is 0.507. The van der Waals surface area contributed by atoms with Crippen LogP contribution >= 0.6 is 0 Å². The van der Waals surface area contributed by atoms with E-state index in [2.05, 4.69) is 5.32 Å². The Hall–Kier alpha value is -1.01. The average Bonchev–Trinajstić information content (AvgIpc) is 1.81. The molecule has 0 radical (unpaired) electrons. The van der Waals surface area contributed by atoms with E-state index in [1.165, 1.54) is 0 Å². The molecule has 0 saturated heterocycles. The largest absolute Gasteiger partial charge is 0.343 e. The number of nitrogens with one attached hydrogen (secondary N) is 1. The maximum Gasteiger partial charge on any atom is 0.295 e. The molecule has 0 spiro atoms. The van der Waals surface area contributed by atoms with E-state index in [9.17, 15) is 4.79 Å². The fourth-order valence-corrected chi connectivity index (χ4v) is 0.359. The zero-order valence-electron chi connectivity index (χ0n) is 6.27. The SMILES string of the molecule is C#CC(=O)NCC(C)(C)N. The molecule has 0 aromatic carbocycles. The Morgan fingerprint density at radius 1 is 1.80 bits per heavy atom. The predicted molar refractivity (Wildman–Crippen MR) is 40.1 cm³/mol. The fourth-order valence-electron chi connectivity index (χ4n) is 0.359. The summed E-state index contributed by atoms with van der Waals surface area (Å²) in [5, 5.41) is 2.47. The van der Waals surface area contributed by atoms with Crippen LogP contribution in [0.4, 0.5) is 0 Å². The third-order valence-electron chi connectivity index (χ3n) is 0.836. The van der Waals surface area contributed by atoms with Crippen molar-refractivity contribution in [2.24, 2.45) is 5.73 Å². The van der Waals surface area contributed by atoms with Crippen LogP contribution in [0.2, 0.25) is 0 Å². The van der Waals surface area contributed by atoms with Crippen molar-refractivity contribution in [3.8, 4) is 12.3 Å². The van der Waals surface area contributed by atoms with Crippen LogP contribution in [0.25, 0.3) is 0 Å². The lowest BCUT2D eigenvalue weighted by Gasteiger charge is -2.17. The number of amides is 1. The predicted octanol–water partition coefficient (Wildman–Crippen LogP) is -0.527. The lowest BCUT2D eigenvalue weighted by Crippen LogP contribution is -2.44. The third-order valence-corrected chi connectivity index (χ3v) is 0.836. The Kier molecular flexibility index (Phi) is 2.91. The minimum Gasteiger partial charge on any atom is -0.343 e. The van der Waals surface area contributed by atoms with Crippen LogP contribution < -0.4 is 11.1 Å². The first-order chi connectivity index (χ1) is 4.45. The summed E-state index contributed by atoms with van der Waals surface area (Å²) >= 11 is 0. The highest BCUT2D eigenvalue weighted by molar-refractivity contribution is 5.92. The number of terminal acetylenes is 1. The van der Waals surface area contributed by atoms with Gasteiger partial charge in [-0.2, -0.15) is 0 Å². The maximum absolute atomic E-state index is 10.5. The fraction of sp³-hybridized carbons (Fsp3) is 0.571. The molecular weight excluding hydrogens is 128 g/mol. The molecule has 10 heavy (non-hydrogen) atoms. The molecule has 3 heteroatoms. The van der Waals surface area contributed by atoms with Crippen molar-refractivity contribution < 1.29 is 4.79 Å². The normalized spacial score (nSPS) is 10.2. The van der Waals surface area contributed by atoms with E-state index in [-0.39, 0.29) is 0 Å². The zero-order chi connectivity index (χ0) is 8.20. The van der Waals surface area contributed by atoms with Crippen molar-refractivity contribution in [3.63, 3.8) is 0 Å². The lowest BCUT2D eigenvalue weighted by molar-refractivity contribution is -0.115. The molecule has 0 heterocycles. The van der Waals surface area contributed by atoms with Crippen molar-refractivity contribution in [2.75, 3.05) is 6.54 Å². The summed E-state index contributed by atoms with van der Waals surface area (Å²) in [7, 11) is 0. The molecule has 0 aromatic rings. The van der Waals surface area contributed by atoms with Crippen LogP contribution in [0.15, 0.2) is 0 Å². The highest BCUT2D eigenvalue weighted by Crippen LogP contribution is 1.91. The van der Waals surface area contributed by atoms with Gasteiger partial charge in [0.1, 0.15) is 0 Å². The van der Waals surface area contributed by atoms with Gasteiger partial charge in [0.25, 0.3) is 5.91 Å². The van der Waals surface area contributed by atoms with E-state index >= 15 is 0 Å². The van der Waals surface area contributed by atoms with Crippen molar-refractivity contribution in [1.82, 2.24) is 5.32 Å². The van der Waals surface area contributed by atoms with Gasteiger partial charge in [0, 0.05) is 12.1 Å². The lowest BCUT2D eigenvalue weighted by atomic mass is 10.1. The summed E-state index contributed by atoms with van der Waals surface area (Å²) < 4.78 is 0. The molecule has 0 atom stereocenters. The number of nitrogens with two attached hydrogens (primary N) is 1. The van der Waals surface area contributed by atoms with Crippen molar-refractivity contribution in [3.05, 3.63) is 0 Å². The first kappa shape index (κ1) is 8.99. The summed E-state index contributed by atoms with van der Waals surface area (Å²) in [6.07, 6.45) is 4.80. The number of rotatable bonds is 2. The second-order valence-corrected chi connectivity index (χ2v) is 2.82. The molecule has 3 nitrogen and oxygen atoms in total. The molecule has 0 bridgehead atoms. The molecule has 0 unspecified atom stereocenters. The van der Waals surface area contributed by atoms with Gasteiger partial charge in [0.15, 0.2) is 0 Å². The van der Waals surface area contributed by atoms with Crippen LogP contribution in [0, 0.1) is 12.3 Å². The topological polar surface area (TPSA) is 55.1 Å². The molecule has 0 aliphatic heterocycles. The van der Waals surface area contributed by atoms with Gasteiger partial charge in [-0.25, -0.2) is 0 Å². The number of hydrogen-bond donors (Lipinski definition) is 2. The monoisotopic (exact) mass is 140 g/mol. The Balaban J connectivity index is 3.58. The third kappa shape index (κ3) is 5.13. The van der Waals surface area contributed by atoms with Crippen molar-refractivity contribution in [2.45, 2.75) is 19.4 Å². The van der Waals surface area contributed by atoms with E-state index < -0.39 is 11.4 Å². The standard InChI is InChI=1S/C7H12N2O/c1-4-6(10)9-5-7(2,3)8/h1H,5,8H2,2-3H3,(H,9,10). The van der Waals surface area contributed by atoms with Gasteiger partial charge in [0.05, 0.1) is 0 Å². The van der Waals surface area contributed by atoms with E-state index in [0.29, 0.717) is 6.54 Å². The Morgan fingerprint density at radius 2 is 2.30 bits per heavy atom. The molecule has 0 aromatic heterocycles. The van der Waals surface area contributed by atoms with E-state index in [1.54, 1.807) is 0 Å². The second-order valence-electron chi connectivity index (χ2n) is 2.82. The van der Waals surface area contributed by atoms with Gasteiger partial charge in [-0.15, -0.1) is 6.42 Å². The van der Waals surface area contributed by atoms with Crippen molar-refractivity contribution >= 4 is 5.91 Å². The Bertz CT molecular complexity index is 161. The smallest absolute Gasteiger partial charge is 0.295 e. The first-order valence-electron chi connectivity index (χ1n) is 2.99. The van der Waals surface area contributed by atoms with E-state index in [1.807, 2.05) is 19.8 Å². The molecule has 0 rings (SSSR count). The second kappa shape index (κ2) is 3.23. The van der Waals surface area contributed by atoms with Crippen LogP contribution in [-0.4, -0.2) is 18.0 Å². The summed E-state index contributed by atoms with van der Waals surface area (Å²) in [6.45, 7) is 4.02. The molecular formula is C7H12N2O. The molecule has 56 valence electrons. The summed E-state index contributed by atoms with van der Waals surface area (Å²) in [6, 6.07) is 0. The molecule has 0 aliphatic carbocycles. The van der Waals surface area contributed by atoms with Gasteiger partial charge < -0.3 is 11.1 Å². The van der Waals surface area contributed by atoms with Gasteiger partial charge in [-0.1, -0.05) is 0 Å². The van der Waals surface area contributed by atoms with Crippen LogP contribution in [0.3, 0.4) is 0 Å². The Labute approximate surface area is 61.0 Å². The average molecular weight is 140 g/mol. The van der Waals surface area contributed by atoms with Gasteiger partial charge in [-0.05, 0) is 19.8 Å². The van der Waals surface area contributed by atoms with Gasteiger partial charge in [0.2, 0.25) is 0 Å². The molecule has 3 N–H and O–H groups in total. The van der Waals surface area contributed by atoms with Crippen LogP contribution in [0.5, 0.6) is 0 Å². The van der Waals surface area contributed by atoms with E-state index in [0.717, 1.165) is 0 Å². The number of carbonyl (C=O) groups excluding carboxylic acids is 1. The Morgan fingerprint density at radius 3 is 2.60 bits per heavy atom. The zero-order valence-corrected chi connectivity index (χ0v) is 6.27. The van der Waals surface area contributed by atoms with Gasteiger partial charge >= 0.3 is 0 Å². The van der Waals surface area contributed by atoms with Gasteiger partial charge in [-0.3, -0.25) is 4.79 Å². The van der Waals surface area contributed by atoms with E-state index in [4.69, 9.17) is 12.2 Å². The minimum absolute atomic E-state index is 0.396. The summed E-state index contributed by atoms with van der Waals surface area (Å²) in [4.78, 5) is 10.5. The summed E-state index contributed by atoms with van der Waals surface area (Å²) in [5.74, 6) is 1.51. The van der Waals surface area contributed by atoms with Crippen LogP contribution in [-0.2, 0) is 4.79 Å². The number of carbonyl (C=O) groups is 1. The first-order valence-corrected chi connectivity index (χ1v) is 2.99. The minimum atomic E-state index is -0.418. The number of hydrogen-bond acceptors (Lipinski definition) is 2. The van der Waals surface area contributed by atoms with Crippen molar-refractivity contribution in [1.29, 1.82) is 0 Å². The van der Waals surface area contributed by atoms with Crippen LogP contribution in [0.1, 0.15) is 13.8 Å². The highest BCUT2D eigenvalue weighted by Gasteiger charge is 2.10. The highest BCUT2D eigenvalue weighted by atomic mass is 16.1.